The second-order valence-corrected chi connectivity index (χ2v) is 4.70. The largest absolute Gasteiger partial charge is 0.379 e. The lowest BCUT2D eigenvalue weighted by atomic mass is 10.3. The van der Waals surface area contributed by atoms with Crippen LogP contribution in [0.25, 0.3) is 0 Å². The first-order valence-corrected chi connectivity index (χ1v) is 6.00. The fraction of sp³-hybridized carbons (Fsp3) is 0.250. The van der Waals surface area contributed by atoms with E-state index in [1.54, 1.807) is 6.07 Å². The highest BCUT2D eigenvalue weighted by molar-refractivity contribution is 6.42. The summed E-state index contributed by atoms with van der Waals surface area (Å²) < 4.78 is 1.86. The zero-order valence-electron chi connectivity index (χ0n) is 9.67. The molecule has 0 bridgehead atoms. The van der Waals surface area contributed by atoms with E-state index < -0.39 is 0 Å². The van der Waals surface area contributed by atoms with Gasteiger partial charge in [-0.05, 0) is 31.2 Å². The zero-order valence-corrected chi connectivity index (χ0v) is 11.2. The van der Waals surface area contributed by atoms with E-state index in [-0.39, 0.29) is 0 Å². The smallest absolute Gasteiger partial charge is 0.0612 e. The van der Waals surface area contributed by atoms with E-state index in [1.165, 1.54) is 0 Å². The molecule has 2 aromatic rings. The molecule has 0 radical (unpaired) electrons. The van der Waals surface area contributed by atoms with Crippen molar-refractivity contribution in [1.29, 1.82) is 0 Å². The van der Waals surface area contributed by atoms with Crippen molar-refractivity contribution in [3.63, 3.8) is 0 Å². The molecule has 90 valence electrons. The van der Waals surface area contributed by atoms with Gasteiger partial charge in [-0.3, -0.25) is 4.68 Å². The molecule has 1 aromatic heterocycles. The minimum absolute atomic E-state index is 0.554. The molecule has 0 amide bonds. The monoisotopic (exact) mass is 269 g/mol. The van der Waals surface area contributed by atoms with Gasteiger partial charge in [0.15, 0.2) is 0 Å². The lowest BCUT2D eigenvalue weighted by Gasteiger charge is -2.07. The van der Waals surface area contributed by atoms with E-state index in [2.05, 4.69) is 10.4 Å². The number of rotatable bonds is 3. The minimum Gasteiger partial charge on any atom is -0.379 e. The van der Waals surface area contributed by atoms with Crippen LogP contribution in [-0.2, 0) is 13.6 Å². The first-order chi connectivity index (χ1) is 8.06. The van der Waals surface area contributed by atoms with Crippen LogP contribution in [0.3, 0.4) is 0 Å². The van der Waals surface area contributed by atoms with Gasteiger partial charge in [-0.25, -0.2) is 0 Å². The summed E-state index contributed by atoms with van der Waals surface area (Å²) in [5, 5.41) is 8.68. The van der Waals surface area contributed by atoms with Crippen LogP contribution in [-0.4, -0.2) is 9.78 Å². The van der Waals surface area contributed by atoms with Gasteiger partial charge in [-0.15, -0.1) is 0 Å². The van der Waals surface area contributed by atoms with E-state index in [0.717, 1.165) is 17.1 Å². The fourth-order valence-corrected chi connectivity index (χ4v) is 1.93. The van der Waals surface area contributed by atoms with Crippen molar-refractivity contribution >= 4 is 28.9 Å². The molecule has 1 heterocycles. The standard InChI is InChI=1S/C12H13Cl2N3/c1-8-5-10(17(2)16-8)7-15-9-3-4-11(13)12(14)6-9/h3-6,15H,7H2,1-2H3. The highest BCUT2D eigenvalue weighted by Gasteiger charge is 2.03. The molecule has 0 aliphatic rings. The van der Waals surface area contributed by atoms with Crippen molar-refractivity contribution in [2.45, 2.75) is 13.5 Å². The van der Waals surface area contributed by atoms with Gasteiger partial charge in [-0.2, -0.15) is 5.10 Å². The van der Waals surface area contributed by atoms with Gasteiger partial charge in [-0.1, -0.05) is 23.2 Å². The third kappa shape index (κ3) is 2.93. The highest BCUT2D eigenvalue weighted by Crippen LogP contribution is 2.25. The van der Waals surface area contributed by atoms with Crippen molar-refractivity contribution < 1.29 is 0 Å². The Morgan fingerprint density at radius 3 is 2.59 bits per heavy atom. The number of anilines is 1. The minimum atomic E-state index is 0.554. The zero-order chi connectivity index (χ0) is 12.4. The Labute approximate surface area is 110 Å². The lowest BCUT2D eigenvalue weighted by molar-refractivity contribution is 0.713. The molecule has 0 saturated heterocycles. The van der Waals surface area contributed by atoms with E-state index in [0.29, 0.717) is 16.6 Å². The van der Waals surface area contributed by atoms with Gasteiger partial charge in [0.25, 0.3) is 0 Å². The third-order valence-corrected chi connectivity index (χ3v) is 3.23. The van der Waals surface area contributed by atoms with Crippen LogP contribution in [0.4, 0.5) is 5.69 Å². The van der Waals surface area contributed by atoms with Crippen LogP contribution in [0.15, 0.2) is 24.3 Å². The summed E-state index contributed by atoms with van der Waals surface area (Å²) >= 11 is 11.8. The molecule has 0 saturated carbocycles. The van der Waals surface area contributed by atoms with Crippen molar-refractivity contribution in [1.82, 2.24) is 9.78 Å². The molecule has 0 spiro atoms. The number of hydrogen-bond acceptors (Lipinski definition) is 2. The van der Waals surface area contributed by atoms with Crippen molar-refractivity contribution in [3.05, 3.63) is 45.7 Å². The van der Waals surface area contributed by atoms with Crippen molar-refractivity contribution in [2.24, 2.45) is 7.05 Å². The molecule has 0 atom stereocenters. The van der Waals surface area contributed by atoms with Gasteiger partial charge < -0.3 is 5.32 Å². The Morgan fingerprint density at radius 1 is 1.24 bits per heavy atom. The summed E-state index contributed by atoms with van der Waals surface area (Å²) in [6, 6.07) is 7.54. The number of aryl methyl sites for hydroxylation is 2. The van der Waals surface area contributed by atoms with E-state index >= 15 is 0 Å². The predicted octanol–water partition coefficient (Wildman–Crippen LogP) is 3.65. The normalized spacial score (nSPS) is 10.6. The highest BCUT2D eigenvalue weighted by atomic mass is 35.5. The average molecular weight is 270 g/mol. The molecule has 5 heteroatoms. The number of hydrogen-bond donors (Lipinski definition) is 1. The van der Waals surface area contributed by atoms with Gasteiger partial charge in [0.2, 0.25) is 0 Å². The van der Waals surface area contributed by atoms with Crippen LogP contribution in [0.2, 0.25) is 10.0 Å². The summed E-state index contributed by atoms with van der Waals surface area (Å²) in [5.41, 5.74) is 3.07. The first kappa shape index (κ1) is 12.3. The van der Waals surface area contributed by atoms with Crippen LogP contribution in [0.5, 0.6) is 0 Å². The van der Waals surface area contributed by atoms with Crippen molar-refractivity contribution in [2.75, 3.05) is 5.32 Å². The SMILES string of the molecule is Cc1cc(CNc2ccc(Cl)c(Cl)c2)n(C)n1. The van der Waals surface area contributed by atoms with Gasteiger partial charge >= 0.3 is 0 Å². The first-order valence-electron chi connectivity index (χ1n) is 5.24. The van der Waals surface area contributed by atoms with E-state index in [1.807, 2.05) is 36.9 Å². The second kappa shape index (κ2) is 4.98. The molecule has 1 N–H and O–H groups in total. The third-order valence-electron chi connectivity index (χ3n) is 2.49. The van der Waals surface area contributed by atoms with Crippen LogP contribution in [0.1, 0.15) is 11.4 Å². The Bertz CT molecular complexity index is 535. The fourth-order valence-electron chi connectivity index (χ4n) is 1.63. The van der Waals surface area contributed by atoms with Crippen LogP contribution >= 0.6 is 23.2 Å². The number of nitrogens with one attached hydrogen (secondary N) is 1. The number of benzene rings is 1. The second-order valence-electron chi connectivity index (χ2n) is 3.88. The number of aromatic nitrogens is 2. The van der Waals surface area contributed by atoms with E-state index in [9.17, 15) is 0 Å². The molecule has 0 fully saturated rings. The summed E-state index contributed by atoms with van der Waals surface area (Å²) in [5.74, 6) is 0. The predicted molar refractivity (Wildman–Crippen MR) is 71.7 cm³/mol. The number of halogens is 2. The molecule has 0 aliphatic heterocycles. The Morgan fingerprint density at radius 2 is 2.00 bits per heavy atom. The molecular weight excluding hydrogens is 257 g/mol. The molecular formula is C12H13Cl2N3. The topological polar surface area (TPSA) is 29.9 Å². The Hall–Kier alpha value is -1.19. The summed E-state index contributed by atoms with van der Waals surface area (Å²) in [6.07, 6.45) is 0. The van der Waals surface area contributed by atoms with Crippen LogP contribution in [0, 0.1) is 6.92 Å². The van der Waals surface area contributed by atoms with Crippen molar-refractivity contribution in [3.8, 4) is 0 Å². The number of nitrogens with zero attached hydrogens (tertiary/aromatic N) is 2. The molecule has 3 nitrogen and oxygen atoms in total. The molecule has 0 unspecified atom stereocenters. The summed E-state index contributed by atoms with van der Waals surface area (Å²) in [6.45, 7) is 2.68. The Kier molecular flexibility index (Phi) is 3.60. The molecule has 0 aliphatic carbocycles. The van der Waals surface area contributed by atoms with Crippen LogP contribution < -0.4 is 5.32 Å². The molecule has 1 aromatic carbocycles. The average Bonchev–Trinajstić information content (AvgIpc) is 2.59. The maximum Gasteiger partial charge on any atom is 0.0612 e. The molecule has 17 heavy (non-hydrogen) atoms. The van der Waals surface area contributed by atoms with Gasteiger partial charge in [0, 0.05) is 12.7 Å². The maximum atomic E-state index is 5.94. The van der Waals surface area contributed by atoms with Gasteiger partial charge in [0.05, 0.1) is 28.0 Å². The molecule has 2 rings (SSSR count). The summed E-state index contributed by atoms with van der Waals surface area (Å²) in [7, 11) is 1.93. The quantitative estimate of drug-likeness (QED) is 0.922. The Balaban J connectivity index is 2.07. The van der Waals surface area contributed by atoms with Gasteiger partial charge in [0.1, 0.15) is 0 Å². The van der Waals surface area contributed by atoms with E-state index in [4.69, 9.17) is 23.2 Å². The maximum absolute atomic E-state index is 5.94. The summed E-state index contributed by atoms with van der Waals surface area (Å²) in [4.78, 5) is 0. The lowest BCUT2D eigenvalue weighted by Crippen LogP contribution is -2.05.